The van der Waals surface area contributed by atoms with E-state index in [1.165, 1.54) is 0 Å². The molecule has 1 unspecified atom stereocenters. The molecule has 3 amide bonds. The fourth-order valence-electron chi connectivity index (χ4n) is 3.09. The highest BCUT2D eigenvalue weighted by atomic mass is 16.4. The standard InChI is InChI=1S/C14H23N3O4/c1-14(12(15)20)6-7-17(8-14)13(21)16-10-4-2-9(3-5-10)11(18)19/h9-10H,2-8H2,1H3,(H2,15,20)(H,16,21)(H,18,19). The highest BCUT2D eigenvalue weighted by molar-refractivity contribution is 5.83. The zero-order chi connectivity index (χ0) is 15.6. The smallest absolute Gasteiger partial charge is 0.317 e. The Labute approximate surface area is 123 Å². The first kappa shape index (κ1) is 15.6. The van der Waals surface area contributed by atoms with Crippen molar-refractivity contribution in [3.05, 3.63) is 0 Å². The third-order valence-electron chi connectivity index (χ3n) is 4.76. The van der Waals surface area contributed by atoms with Crippen LogP contribution in [-0.4, -0.2) is 47.0 Å². The summed E-state index contributed by atoms with van der Waals surface area (Å²) in [5, 5.41) is 11.9. The molecule has 2 aliphatic rings. The lowest BCUT2D eigenvalue weighted by Crippen LogP contribution is -2.47. The second kappa shape index (κ2) is 5.91. The molecule has 0 bridgehead atoms. The van der Waals surface area contributed by atoms with E-state index in [-0.39, 0.29) is 23.9 Å². The topological polar surface area (TPSA) is 113 Å². The van der Waals surface area contributed by atoms with E-state index in [9.17, 15) is 14.4 Å². The number of carbonyl (C=O) groups is 3. The minimum Gasteiger partial charge on any atom is -0.481 e. The molecule has 2 fully saturated rings. The number of carbonyl (C=O) groups excluding carboxylic acids is 2. The van der Waals surface area contributed by atoms with Crippen LogP contribution in [0.1, 0.15) is 39.0 Å². The second-order valence-corrected chi connectivity index (χ2v) is 6.43. The molecule has 4 N–H and O–H groups in total. The molecule has 0 spiro atoms. The summed E-state index contributed by atoms with van der Waals surface area (Å²) < 4.78 is 0. The number of primary amides is 1. The Morgan fingerprint density at radius 1 is 1.24 bits per heavy atom. The van der Waals surface area contributed by atoms with E-state index in [0.717, 1.165) is 0 Å². The van der Waals surface area contributed by atoms with Crippen LogP contribution in [0.25, 0.3) is 0 Å². The van der Waals surface area contributed by atoms with Crippen LogP contribution < -0.4 is 11.1 Å². The summed E-state index contributed by atoms with van der Waals surface area (Å²) in [6.45, 7) is 2.65. The average molecular weight is 297 g/mol. The fourth-order valence-corrected chi connectivity index (χ4v) is 3.09. The number of nitrogens with two attached hydrogens (primary N) is 1. The van der Waals surface area contributed by atoms with Crippen molar-refractivity contribution < 1.29 is 19.5 Å². The zero-order valence-electron chi connectivity index (χ0n) is 12.3. The summed E-state index contributed by atoms with van der Waals surface area (Å²) in [5.41, 5.74) is 4.73. The molecule has 1 saturated carbocycles. The lowest BCUT2D eigenvalue weighted by Gasteiger charge is -2.29. The number of likely N-dealkylation sites (tertiary alicyclic amines) is 1. The second-order valence-electron chi connectivity index (χ2n) is 6.43. The number of amides is 3. The van der Waals surface area contributed by atoms with Gasteiger partial charge >= 0.3 is 12.0 Å². The van der Waals surface area contributed by atoms with Crippen molar-refractivity contribution in [1.82, 2.24) is 10.2 Å². The minimum absolute atomic E-state index is 0.0218. The van der Waals surface area contributed by atoms with Crippen LogP contribution in [0, 0.1) is 11.3 Å². The summed E-state index contributed by atoms with van der Waals surface area (Å²) in [6, 6.07) is -0.160. The SMILES string of the molecule is CC1(C(N)=O)CCN(C(=O)NC2CCC(C(=O)O)CC2)C1. The van der Waals surface area contributed by atoms with Crippen molar-refractivity contribution in [2.24, 2.45) is 17.1 Å². The Balaban J connectivity index is 1.81. The maximum atomic E-state index is 12.2. The number of hydrogen-bond donors (Lipinski definition) is 3. The van der Waals surface area contributed by atoms with Gasteiger partial charge in [0.25, 0.3) is 0 Å². The summed E-state index contributed by atoms with van der Waals surface area (Å²) in [5.74, 6) is -1.42. The molecule has 7 heteroatoms. The largest absolute Gasteiger partial charge is 0.481 e. The lowest BCUT2D eigenvalue weighted by atomic mass is 9.86. The van der Waals surface area contributed by atoms with Gasteiger partial charge < -0.3 is 21.1 Å². The number of carboxylic acids is 1. The Bertz CT molecular complexity index is 446. The van der Waals surface area contributed by atoms with Crippen molar-refractivity contribution in [3.63, 3.8) is 0 Å². The minimum atomic E-state index is -0.753. The lowest BCUT2D eigenvalue weighted by molar-refractivity contribution is -0.142. The van der Waals surface area contributed by atoms with Crippen LogP contribution in [0.15, 0.2) is 0 Å². The van der Waals surface area contributed by atoms with Gasteiger partial charge in [0, 0.05) is 19.1 Å². The van der Waals surface area contributed by atoms with Crippen LogP contribution in [0.5, 0.6) is 0 Å². The Kier molecular flexibility index (Phi) is 4.39. The van der Waals surface area contributed by atoms with Crippen molar-refractivity contribution in [3.8, 4) is 0 Å². The van der Waals surface area contributed by atoms with Gasteiger partial charge in [0.2, 0.25) is 5.91 Å². The Morgan fingerprint density at radius 3 is 2.33 bits per heavy atom. The first-order valence-corrected chi connectivity index (χ1v) is 7.40. The quantitative estimate of drug-likeness (QED) is 0.705. The third kappa shape index (κ3) is 3.46. The summed E-state index contributed by atoms with van der Waals surface area (Å²) in [4.78, 5) is 36.1. The van der Waals surface area contributed by atoms with Crippen LogP contribution in [-0.2, 0) is 9.59 Å². The highest BCUT2D eigenvalue weighted by Crippen LogP contribution is 2.30. The average Bonchev–Trinajstić information content (AvgIpc) is 2.83. The molecule has 1 aliphatic carbocycles. The maximum absolute atomic E-state index is 12.2. The molecular formula is C14H23N3O4. The Morgan fingerprint density at radius 2 is 1.86 bits per heavy atom. The van der Waals surface area contributed by atoms with E-state index in [1.54, 1.807) is 11.8 Å². The molecule has 1 atom stereocenters. The predicted octanol–water partition coefficient (Wildman–Crippen LogP) is 0.537. The maximum Gasteiger partial charge on any atom is 0.317 e. The first-order valence-electron chi connectivity index (χ1n) is 7.40. The van der Waals surface area contributed by atoms with Crippen molar-refractivity contribution in [1.29, 1.82) is 0 Å². The van der Waals surface area contributed by atoms with E-state index >= 15 is 0 Å². The molecule has 0 radical (unpaired) electrons. The number of urea groups is 1. The molecule has 118 valence electrons. The van der Waals surface area contributed by atoms with Crippen LogP contribution in [0.3, 0.4) is 0 Å². The molecule has 2 rings (SSSR count). The molecule has 1 saturated heterocycles. The number of nitrogens with one attached hydrogen (secondary N) is 1. The van der Waals surface area contributed by atoms with E-state index in [4.69, 9.17) is 10.8 Å². The molecular weight excluding hydrogens is 274 g/mol. The Hall–Kier alpha value is -1.79. The van der Waals surface area contributed by atoms with Gasteiger partial charge in [0.15, 0.2) is 0 Å². The van der Waals surface area contributed by atoms with Crippen molar-refractivity contribution in [2.75, 3.05) is 13.1 Å². The normalized spacial score (nSPS) is 32.7. The van der Waals surface area contributed by atoms with E-state index in [2.05, 4.69) is 5.32 Å². The molecule has 0 aromatic carbocycles. The number of carboxylic acid groups (broad SMARTS) is 1. The number of rotatable bonds is 3. The van der Waals surface area contributed by atoms with Gasteiger partial charge in [-0.2, -0.15) is 0 Å². The van der Waals surface area contributed by atoms with Gasteiger partial charge in [-0.1, -0.05) is 0 Å². The fraction of sp³-hybridized carbons (Fsp3) is 0.786. The summed E-state index contributed by atoms with van der Waals surface area (Å²) in [7, 11) is 0. The van der Waals surface area contributed by atoms with E-state index in [1.807, 2.05) is 0 Å². The highest BCUT2D eigenvalue weighted by Gasteiger charge is 2.41. The monoisotopic (exact) mass is 297 g/mol. The molecule has 0 aromatic heterocycles. The number of hydrogen-bond acceptors (Lipinski definition) is 3. The molecule has 7 nitrogen and oxygen atoms in total. The molecule has 1 aliphatic heterocycles. The van der Waals surface area contributed by atoms with Gasteiger partial charge in [0.05, 0.1) is 11.3 Å². The third-order valence-corrected chi connectivity index (χ3v) is 4.76. The van der Waals surface area contributed by atoms with Crippen LogP contribution in [0.2, 0.25) is 0 Å². The van der Waals surface area contributed by atoms with E-state index in [0.29, 0.717) is 45.2 Å². The number of aliphatic carboxylic acids is 1. The molecule has 21 heavy (non-hydrogen) atoms. The molecule has 1 heterocycles. The van der Waals surface area contributed by atoms with Gasteiger partial charge in [0.1, 0.15) is 0 Å². The van der Waals surface area contributed by atoms with Gasteiger partial charge in [-0.25, -0.2) is 4.79 Å². The van der Waals surface area contributed by atoms with E-state index < -0.39 is 11.4 Å². The van der Waals surface area contributed by atoms with Crippen molar-refractivity contribution >= 4 is 17.9 Å². The van der Waals surface area contributed by atoms with Crippen LogP contribution >= 0.6 is 0 Å². The van der Waals surface area contributed by atoms with Gasteiger partial charge in [-0.05, 0) is 39.0 Å². The summed E-state index contributed by atoms with van der Waals surface area (Å²) >= 11 is 0. The first-order chi connectivity index (χ1) is 9.82. The predicted molar refractivity (Wildman–Crippen MR) is 75.4 cm³/mol. The van der Waals surface area contributed by atoms with Crippen molar-refractivity contribution in [2.45, 2.75) is 45.1 Å². The zero-order valence-corrected chi connectivity index (χ0v) is 12.3. The summed E-state index contributed by atoms with van der Waals surface area (Å²) in [6.07, 6.45) is 3.15. The van der Waals surface area contributed by atoms with Crippen LogP contribution in [0.4, 0.5) is 4.79 Å². The van der Waals surface area contributed by atoms with Gasteiger partial charge in [-0.15, -0.1) is 0 Å². The molecule has 0 aromatic rings. The van der Waals surface area contributed by atoms with Gasteiger partial charge in [-0.3, -0.25) is 9.59 Å². The number of nitrogens with zero attached hydrogens (tertiary/aromatic N) is 1.